The Hall–Kier alpha value is -2.25. The Kier molecular flexibility index (Phi) is 5.24. The lowest BCUT2D eigenvalue weighted by Gasteiger charge is -2.13. The van der Waals surface area contributed by atoms with E-state index in [2.05, 4.69) is 4.98 Å². The zero-order chi connectivity index (χ0) is 16.0. The molecule has 1 aromatic heterocycles. The highest BCUT2D eigenvalue weighted by molar-refractivity contribution is 7.90. The molecule has 0 radical (unpaired) electrons. The molecule has 1 atom stereocenters. The molecule has 0 saturated carbocycles. The van der Waals surface area contributed by atoms with E-state index in [9.17, 15) is 13.2 Å². The van der Waals surface area contributed by atoms with Crippen molar-refractivity contribution in [3.8, 4) is 0 Å². The van der Waals surface area contributed by atoms with Crippen molar-refractivity contribution in [1.29, 1.82) is 0 Å². The van der Waals surface area contributed by atoms with Crippen molar-refractivity contribution in [3.63, 3.8) is 0 Å². The predicted octanol–water partition coefficient (Wildman–Crippen LogP) is 1.49. The molecule has 0 bridgehead atoms. The molecule has 0 unspecified atom stereocenters. The summed E-state index contributed by atoms with van der Waals surface area (Å²) in [5.41, 5.74) is 0.900. The van der Waals surface area contributed by atoms with Crippen LogP contribution in [-0.4, -0.2) is 25.4 Å². The number of ether oxygens (including phenoxy) is 1. The van der Waals surface area contributed by atoms with Gasteiger partial charge in [0.25, 0.3) is 15.9 Å². The van der Waals surface area contributed by atoms with Crippen molar-refractivity contribution < 1.29 is 17.9 Å². The Morgan fingerprint density at radius 3 is 2.59 bits per heavy atom. The largest absolute Gasteiger partial charge is 0.364 e. The molecule has 1 N–H and O–H groups in total. The number of aromatic nitrogens is 1. The maximum absolute atomic E-state index is 12.0. The monoisotopic (exact) mass is 320 g/mol. The van der Waals surface area contributed by atoms with Crippen LogP contribution in [-0.2, 0) is 26.2 Å². The Morgan fingerprint density at radius 2 is 1.95 bits per heavy atom. The van der Waals surface area contributed by atoms with Crippen LogP contribution in [0.3, 0.4) is 0 Å². The second kappa shape index (κ2) is 7.15. The second-order valence-corrected chi connectivity index (χ2v) is 6.28. The minimum absolute atomic E-state index is 0.0707. The smallest absolute Gasteiger partial charge is 0.265 e. The number of hydrogen-bond donors (Lipinski definition) is 1. The van der Waals surface area contributed by atoms with E-state index in [1.807, 2.05) is 35.1 Å². The van der Waals surface area contributed by atoms with E-state index in [4.69, 9.17) is 4.74 Å². The van der Waals surface area contributed by atoms with Gasteiger partial charge in [0, 0.05) is 12.4 Å². The number of nitrogens with zero attached hydrogens (tertiary/aromatic N) is 1. The quantitative estimate of drug-likeness (QED) is 0.871. The predicted molar refractivity (Wildman–Crippen MR) is 80.3 cm³/mol. The average Bonchev–Trinajstić information content (AvgIpc) is 2.54. The average molecular weight is 320 g/mol. The van der Waals surface area contributed by atoms with Gasteiger partial charge in [0.15, 0.2) is 0 Å². The summed E-state index contributed by atoms with van der Waals surface area (Å²) in [7, 11) is -3.93. The van der Waals surface area contributed by atoms with Crippen LogP contribution in [0.1, 0.15) is 12.5 Å². The van der Waals surface area contributed by atoms with Crippen molar-refractivity contribution >= 4 is 15.9 Å². The maximum Gasteiger partial charge on any atom is 0.265 e. The van der Waals surface area contributed by atoms with Crippen molar-refractivity contribution in [2.45, 2.75) is 24.5 Å². The zero-order valence-electron chi connectivity index (χ0n) is 12.0. The van der Waals surface area contributed by atoms with Gasteiger partial charge in [0.1, 0.15) is 11.0 Å². The van der Waals surface area contributed by atoms with E-state index >= 15 is 0 Å². The first kappa shape index (κ1) is 16.1. The Balaban J connectivity index is 1.94. The molecule has 22 heavy (non-hydrogen) atoms. The summed E-state index contributed by atoms with van der Waals surface area (Å²) in [6.45, 7) is 1.72. The van der Waals surface area contributed by atoms with E-state index in [1.54, 1.807) is 0 Å². The molecule has 0 aliphatic carbocycles. The van der Waals surface area contributed by atoms with Crippen molar-refractivity contribution in [1.82, 2.24) is 9.71 Å². The van der Waals surface area contributed by atoms with Gasteiger partial charge in [-0.3, -0.25) is 9.78 Å². The molecule has 1 heterocycles. The number of benzene rings is 1. The number of carbonyl (C=O) groups is 1. The minimum atomic E-state index is -3.93. The van der Waals surface area contributed by atoms with Gasteiger partial charge < -0.3 is 4.74 Å². The number of hydrogen-bond acceptors (Lipinski definition) is 5. The number of carbonyl (C=O) groups excluding carboxylic acids is 1. The van der Waals surface area contributed by atoms with Crippen LogP contribution in [0, 0.1) is 0 Å². The highest BCUT2D eigenvalue weighted by Crippen LogP contribution is 2.07. The third kappa shape index (κ3) is 4.37. The van der Waals surface area contributed by atoms with E-state index in [1.165, 1.54) is 31.5 Å². The molecule has 0 fully saturated rings. The summed E-state index contributed by atoms with van der Waals surface area (Å²) >= 11 is 0. The molecule has 116 valence electrons. The lowest BCUT2D eigenvalue weighted by Crippen LogP contribution is -2.38. The standard InChI is InChI=1S/C15H16N2O4S/c1-12(21-11-13-6-3-2-4-7-13)15(18)17-22(19,20)14-8-5-9-16-10-14/h2-10,12H,11H2,1H3,(H,17,18)/t12-/m0/s1. The molecule has 1 amide bonds. The van der Waals surface area contributed by atoms with E-state index in [0.29, 0.717) is 0 Å². The zero-order valence-corrected chi connectivity index (χ0v) is 12.8. The van der Waals surface area contributed by atoms with Gasteiger partial charge in [-0.25, -0.2) is 13.1 Å². The Labute approximate surface area is 129 Å². The summed E-state index contributed by atoms with van der Waals surface area (Å²) in [4.78, 5) is 15.6. The molecule has 2 rings (SSSR count). The number of amides is 1. The Bertz CT molecular complexity index is 718. The first-order valence-electron chi connectivity index (χ1n) is 6.61. The Morgan fingerprint density at radius 1 is 1.23 bits per heavy atom. The fourth-order valence-corrected chi connectivity index (χ4v) is 2.66. The van der Waals surface area contributed by atoms with Gasteiger partial charge in [-0.15, -0.1) is 0 Å². The van der Waals surface area contributed by atoms with Gasteiger partial charge in [0.2, 0.25) is 0 Å². The first-order chi connectivity index (χ1) is 10.5. The number of nitrogens with one attached hydrogen (secondary N) is 1. The molecule has 0 spiro atoms. The number of rotatable bonds is 6. The molecule has 0 aliphatic rings. The molecule has 1 aromatic carbocycles. The van der Waals surface area contributed by atoms with Crippen LogP contribution in [0.2, 0.25) is 0 Å². The van der Waals surface area contributed by atoms with Crippen LogP contribution < -0.4 is 4.72 Å². The summed E-state index contributed by atoms with van der Waals surface area (Å²) in [6, 6.07) is 12.1. The number of pyridine rings is 1. The lowest BCUT2D eigenvalue weighted by molar-refractivity contribution is -0.130. The minimum Gasteiger partial charge on any atom is -0.364 e. The fourth-order valence-electron chi connectivity index (χ4n) is 1.65. The van der Waals surface area contributed by atoms with Crippen LogP contribution >= 0.6 is 0 Å². The molecular formula is C15H16N2O4S. The molecule has 2 aromatic rings. The summed E-state index contributed by atoms with van der Waals surface area (Å²) in [6.07, 6.45) is 1.73. The van der Waals surface area contributed by atoms with Gasteiger partial charge >= 0.3 is 0 Å². The van der Waals surface area contributed by atoms with Gasteiger partial charge in [0.05, 0.1) is 6.61 Å². The molecule has 7 heteroatoms. The van der Waals surface area contributed by atoms with Crippen molar-refractivity contribution in [2.24, 2.45) is 0 Å². The van der Waals surface area contributed by atoms with Crippen LogP contribution in [0.25, 0.3) is 0 Å². The van der Waals surface area contributed by atoms with Crippen molar-refractivity contribution in [3.05, 3.63) is 60.4 Å². The second-order valence-electron chi connectivity index (χ2n) is 4.60. The van der Waals surface area contributed by atoms with Gasteiger partial charge in [-0.1, -0.05) is 30.3 Å². The molecular weight excluding hydrogens is 304 g/mol. The third-order valence-corrected chi connectivity index (χ3v) is 4.22. The highest BCUT2D eigenvalue weighted by atomic mass is 32.2. The summed E-state index contributed by atoms with van der Waals surface area (Å²) in [5.74, 6) is -0.722. The summed E-state index contributed by atoms with van der Waals surface area (Å²) < 4.78 is 31.3. The normalized spacial score (nSPS) is 12.6. The van der Waals surface area contributed by atoms with Crippen LogP contribution in [0.4, 0.5) is 0 Å². The SMILES string of the molecule is C[C@H](OCc1ccccc1)C(=O)NS(=O)(=O)c1cccnc1. The van der Waals surface area contributed by atoms with Crippen molar-refractivity contribution in [2.75, 3.05) is 0 Å². The molecule has 6 nitrogen and oxygen atoms in total. The topological polar surface area (TPSA) is 85.4 Å². The van der Waals surface area contributed by atoms with Gasteiger partial charge in [-0.05, 0) is 24.6 Å². The van der Waals surface area contributed by atoms with Crippen LogP contribution in [0.5, 0.6) is 0 Å². The maximum atomic E-state index is 12.0. The summed E-state index contributed by atoms with van der Waals surface area (Å²) in [5, 5.41) is 0. The highest BCUT2D eigenvalue weighted by Gasteiger charge is 2.22. The fraction of sp³-hybridized carbons (Fsp3) is 0.200. The third-order valence-electron chi connectivity index (χ3n) is 2.89. The molecule has 0 aliphatic heterocycles. The van der Waals surface area contributed by atoms with E-state index in [-0.39, 0.29) is 11.5 Å². The first-order valence-corrected chi connectivity index (χ1v) is 8.09. The van der Waals surface area contributed by atoms with E-state index < -0.39 is 22.0 Å². The number of sulfonamides is 1. The molecule has 0 saturated heterocycles. The van der Waals surface area contributed by atoms with E-state index in [0.717, 1.165) is 5.56 Å². The van der Waals surface area contributed by atoms with Crippen LogP contribution in [0.15, 0.2) is 59.8 Å². The van der Waals surface area contributed by atoms with Gasteiger partial charge in [-0.2, -0.15) is 0 Å². The lowest BCUT2D eigenvalue weighted by atomic mass is 10.2.